The Hall–Kier alpha value is -3.49. The van der Waals surface area contributed by atoms with Crippen LogP contribution in [0.5, 0.6) is 0 Å². The van der Waals surface area contributed by atoms with E-state index in [4.69, 9.17) is 0 Å². The lowest BCUT2D eigenvalue weighted by Gasteiger charge is -2.08. The third-order valence-corrected chi connectivity index (χ3v) is 4.90. The Labute approximate surface area is 154 Å². The predicted molar refractivity (Wildman–Crippen MR) is 103 cm³/mol. The van der Waals surface area contributed by atoms with E-state index < -0.39 is 0 Å². The number of aromatic nitrogens is 2. The summed E-state index contributed by atoms with van der Waals surface area (Å²) in [6, 6.07) is 21.1. The molecule has 0 bridgehead atoms. The van der Waals surface area contributed by atoms with Crippen molar-refractivity contribution in [2.75, 3.05) is 0 Å². The molecule has 1 aromatic carbocycles. The van der Waals surface area contributed by atoms with Crippen molar-refractivity contribution in [2.45, 2.75) is 0 Å². The highest BCUT2D eigenvalue weighted by Crippen LogP contribution is 2.24. The lowest BCUT2D eigenvalue weighted by molar-refractivity contribution is 0.996. The smallest absolute Gasteiger partial charge is 0.263 e. The number of benzene rings is 1. The van der Waals surface area contributed by atoms with Crippen molar-refractivity contribution in [3.63, 3.8) is 0 Å². The van der Waals surface area contributed by atoms with Gasteiger partial charge in [0.15, 0.2) is 0 Å². The first-order chi connectivity index (χ1) is 12.8. The zero-order chi connectivity index (χ0) is 17.9. The lowest BCUT2D eigenvalue weighted by Crippen LogP contribution is -2.19. The summed E-state index contributed by atoms with van der Waals surface area (Å²) in [4.78, 5) is 17.9. The molecule has 0 N–H and O–H groups in total. The van der Waals surface area contributed by atoms with E-state index >= 15 is 0 Å². The summed E-state index contributed by atoms with van der Waals surface area (Å²) in [5, 5.41) is 11.1. The molecule has 26 heavy (non-hydrogen) atoms. The fourth-order valence-electron chi connectivity index (χ4n) is 2.86. The molecular formula is C21H13N3OS. The van der Waals surface area contributed by atoms with Gasteiger partial charge in [0.05, 0.1) is 11.4 Å². The zero-order valence-corrected chi connectivity index (χ0v) is 14.5. The van der Waals surface area contributed by atoms with Gasteiger partial charge in [0, 0.05) is 23.5 Å². The molecule has 3 heterocycles. The number of hydrogen-bond acceptors (Lipinski definition) is 4. The number of nitrogens with zero attached hydrogens (tertiary/aromatic N) is 3. The van der Waals surface area contributed by atoms with Crippen molar-refractivity contribution >= 4 is 11.3 Å². The average molecular weight is 355 g/mol. The van der Waals surface area contributed by atoms with Gasteiger partial charge in [-0.25, -0.2) is 0 Å². The Bertz CT molecular complexity index is 1170. The number of thiophene rings is 1. The lowest BCUT2D eigenvalue weighted by atomic mass is 10.0. The van der Waals surface area contributed by atoms with Crippen LogP contribution < -0.4 is 5.56 Å². The van der Waals surface area contributed by atoms with Crippen LogP contribution in [0.2, 0.25) is 0 Å². The number of rotatable bonds is 3. The second kappa shape index (κ2) is 6.79. The maximum atomic E-state index is 13.0. The Morgan fingerprint density at radius 2 is 1.88 bits per heavy atom. The quantitative estimate of drug-likeness (QED) is 0.544. The van der Waals surface area contributed by atoms with Gasteiger partial charge in [-0.05, 0) is 47.3 Å². The van der Waals surface area contributed by atoms with Crippen LogP contribution in [0.15, 0.2) is 83.2 Å². The summed E-state index contributed by atoms with van der Waals surface area (Å²) in [6.07, 6.45) is 3.44. The van der Waals surface area contributed by atoms with Gasteiger partial charge in [0.2, 0.25) is 0 Å². The molecule has 0 saturated carbocycles. The molecule has 0 aliphatic heterocycles. The summed E-state index contributed by atoms with van der Waals surface area (Å²) in [5.41, 5.74) is 3.67. The first-order valence-electron chi connectivity index (χ1n) is 7.99. The highest BCUT2D eigenvalue weighted by Gasteiger charge is 2.12. The fourth-order valence-corrected chi connectivity index (χ4v) is 3.53. The summed E-state index contributed by atoms with van der Waals surface area (Å²) in [6.45, 7) is 0. The SMILES string of the molecule is N#Cc1sccc1-n1cccc(-c2cccc(-c3ccccn3)c2)c1=O. The van der Waals surface area contributed by atoms with Gasteiger partial charge < -0.3 is 0 Å². The van der Waals surface area contributed by atoms with Crippen molar-refractivity contribution in [2.24, 2.45) is 0 Å². The molecule has 5 heteroatoms. The second-order valence-corrected chi connectivity index (χ2v) is 6.56. The summed E-state index contributed by atoms with van der Waals surface area (Å²) >= 11 is 1.33. The first-order valence-corrected chi connectivity index (χ1v) is 8.87. The van der Waals surface area contributed by atoms with Crippen LogP contribution in [0.3, 0.4) is 0 Å². The van der Waals surface area contributed by atoms with Crippen molar-refractivity contribution < 1.29 is 0 Å². The van der Waals surface area contributed by atoms with Crippen molar-refractivity contribution in [3.8, 4) is 34.1 Å². The molecule has 0 fully saturated rings. The Morgan fingerprint density at radius 1 is 1.00 bits per heavy atom. The number of pyridine rings is 2. The van der Waals surface area contributed by atoms with E-state index in [-0.39, 0.29) is 5.56 Å². The minimum atomic E-state index is -0.152. The second-order valence-electron chi connectivity index (χ2n) is 5.64. The molecule has 3 aromatic heterocycles. The molecule has 0 aliphatic rings. The van der Waals surface area contributed by atoms with E-state index in [0.717, 1.165) is 16.8 Å². The summed E-state index contributed by atoms with van der Waals surface area (Å²) < 4.78 is 1.53. The standard InChI is InChI=1S/C21H13N3OS/c22-14-20-19(9-12-26-20)24-11-4-7-17(21(24)25)15-5-3-6-16(13-15)18-8-1-2-10-23-18/h1-13H. The molecule has 0 saturated heterocycles. The van der Waals surface area contributed by atoms with Gasteiger partial charge in [0.1, 0.15) is 10.9 Å². The average Bonchev–Trinajstić information content (AvgIpc) is 3.17. The first kappa shape index (κ1) is 16.0. The van der Waals surface area contributed by atoms with Gasteiger partial charge in [-0.2, -0.15) is 5.26 Å². The minimum Gasteiger partial charge on any atom is -0.282 e. The van der Waals surface area contributed by atoms with Crippen LogP contribution in [0.1, 0.15) is 4.88 Å². The molecule has 4 nitrogen and oxygen atoms in total. The zero-order valence-electron chi connectivity index (χ0n) is 13.7. The third kappa shape index (κ3) is 2.83. The largest absolute Gasteiger partial charge is 0.282 e. The van der Waals surface area contributed by atoms with Crippen LogP contribution in [-0.2, 0) is 0 Å². The van der Waals surface area contributed by atoms with E-state index in [1.807, 2.05) is 53.9 Å². The maximum absolute atomic E-state index is 13.0. The normalized spacial score (nSPS) is 10.4. The Balaban J connectivity index is 1.84. The van der Waals surface area contributed by atoms with E-state index in [1.165, 1.54) is 15.9 Å². The third-order valence-electron chi connectivity index (χ3n) is 4.09. The molecule has 0 radical (unpaired) electrons. The number of nitriles is 1. The van der Waals surface area contributed by atoms with Crippen LogP contribution in [0.25, 0.3) is 28.1 Å². The van der Waals surface area contributed by atoms with E-state index in [2.05, 4.69) is 11.1 Å². The van der Waals surface area contributed by atoms with Crippen LogP contribution in [0, 0.1) is 11.3 Å². The maximum Gasteiger partial charge on any atom is 0.263 e. The van der Waals surface area contributed by atoms with E-state index in [9.17, 15) is 10.1 Å². The highest BCUT2D eigenvalue weighted by molar-refractivity contribution is 7.10. The molecule has 4 rings (SSSR count). The molecule has 0 aliphatic carbocycles. The minimum absolute atomic E-state index is 0.152. The molecule has 0 spiro atoms. The molecule has 4 aromatic rings. The van der Waals surface area contributed by atoms with Gasteiger partial charge in [0.25, 0.3) is 5.56 Å². The van der Waals surface area contributed by atoms with Crippen LogP contribution in [0.4, 0.5) is 0 Å². The Kier molecular flexibility index (Phi) is 4.18. The molecule has 0 unspecified atom stereocenters. The van der Waals surface area contributed by atoms with Gasteiger partial charge >= 0.3 is 0 Å². The predicted octanol–water partition coefficient (Wildman–Crippen LogP) is 4.50. The highest BCUT2D eigenvalue weighted by atomic mass is 32.1. The Morgan fingerprint density at radius 3 is 2.69 bits per heavy atom. The molecular weight excluding hydrogens is 342 g/mol. The monoisotopic (exact) mass is 355 g/mol. The summed E-state index contributed by atoms with van der Waals surface area (Å²) in [7, 11) is 0. The van der Waals surface area contributed by atoms with Crippen molar-refractivity contribution in [3.05, 3.63) is 93.7 Å². The van der Waals surface area contributed by atoms with Crippen molar-refractivity contribution in [1.29, 1.82) is 5.26 Å². The fraction of sp³-hybridized carbons (Fsp3) is 0. The molecule has 0 amide bonds. The summed E-state index contributed by atoms with van der Waals surface area (Å²) in [5.74, 6) is 0. The van der Waals surface area contributed by atoms with Crippen LogP contribution >= 0.6 is 11.3 Å². The van der Waals surface area contributed by atoms with E-state index in [0.29, 0.717) is 16.1 Å². The van der Waals surface area contributed by atoms with Crippen molar-refractivity contribution in [1.82, 2.24) is 9.55 Å². The number of hydrogen-bond donors (Lipinski definition) is 0. The van der Waals surface area contributed by atoms with Crippen LogP contribution in [-0.4, -0.2) is 9.55 Å². The van der Waals surface area contributed by atoms with E-state index in [1.54, 1.807) is 24.5 Å². The van der Waals surface area contributed by atoms with Gasteiger partial charge in [-0.1, -0.05) is 24.3 Å². The molecule has 124 valence electrons. The molecule has 0 atom stereocenters. The van der Waals surface area contributed by atoms with Gasteiger partial charge in [-0.3, -0.25) is 14.3 Å². The topological polar surface area (TPSA) is 58.7 Å². The van der Waals surface area contributed by atoms with Gasteiger partial charge in [-0.15, -0.1) is 11.3 Å².